The molecule has 0 N–H and O–H groups in total. The van der Waals surface area contributed by atoms with E-state index in [-0.39, 0.29) is 5.92 Å². The largest absolute Gasteiger partial charge is 0.375 e. The van der Waals surface area contributed by atoms with Gasteiger partial charge in [-0.3, -0.25) is 0 Å². The average molecular weight is 1160 g/mol. The maximum Gasteiger partial charge on any atom is 0.0827 e. The molecule has 482 valence electrons. The van der Waals surface area contributed by atoms with Gasteiger partial charge in [-0.05, 0) is 255 Å². The number of rotatable bonds is 16. The molecule has 0 saturated heterocycles. The number of hydrogen-bond acceptors (Lipinski definition) is 8. The number of allylic oxidation sites excluding steroid dienone is 6. The normalized spacial score (nSPS) is 14.9. The highest BCUT2D eigenvalue weighted by atomic mass is 15.2. The van der Waals surface area contributed by atoms with E-state index in [1.54, 1.807) is 0 Å². The monoisotopic (exact) mass is 1160 g/mol. The third kappa shape index (κ3) is 32.9. The Balaban J connectivity index is -0.000000284. The molecule has 1 fully saturated rings. The number of likely N-dealkylation sites (N-methyl/N-ethyl adjacent to an activating group) is 2. The Morgan fingerprint density at radius 1 is 0.619 bits per heavy atom. The first kappa shape index (κ1) is 87.5. The molecular weight excluding hydrogens is 1030 g/mol. The van der Waals surface area contributed by atoms with Crippen molar-refractivity contribution >= 4 is 13.2 Å². The Morgan fingerprint density at radius 2 is 1.04 bits per heavy atom. The molecule has 1 aliphatic heterocycles. The van der Waals surface area contributed by atoms with Crippen LogP contribution in [0.15, 0.2) is 82.5 Å². The maximum atomic E-state index is 8.60. The molecule has 9 heteroatoms. The quantitative estimate of drug-likeness (QED) is 0.0702. The molecule has 0 amide bonds. The zero-order chi connectivity index (χ0) is 67.9. The zero-order valence-corrected chi connectivity index (χ0v) is 62.2. The molecular formula is C75H137N9. The van der Waals surface area contributed by atoms with E-state index in [2.05, 4.69) is 308 Å². The van der Waals surface area contributed by atoms with Crippen LogP contribution in [0.2, 0.25) is 0 Å². The first-order valence-electron chi connectivity index (χ1n) is 31.1. The lowest BCUT2D eigenvalue weighted by atomic mass is 10.1. The molecule has 4 unspecified atom stereocenters. The Morgan fingerprint density at radius 3 is 1.24 bits per heavy atom. The van der Waals surface area contributed by atoms with Gasteiger partial charge >= 0.3 is 0 Å². The van der Waals surface area contributed by atoms with Crippen LogP contribution in [0, 0.1) is 61.3 Å². The van der Waals surface area contributed by atoms with Crippen LogP contribution in [0.25, 0.3) is 13.2 Å². The molecule has 1 aliphatic carbocycles. The summed E-state index contributed by atoms with van der Waals surface area (Å²) in [6.45, 7) is 89.3. The fourth-order valence-corrected chi connectivity index (χ4v) is 7.75. The number of terminal acetylenes is 1. The van der Waals surface area contributed by atoms with Gasteiger partial charge in [-0.2, -0.15) is 5.26 Å². The Kier molecular flexibility index (Phi) is 45.2. The summed E-state index contributed by atoms with van der Waals surface area (Å²) >= 11 is 0. The Bertz CT molecular complexity index is 2450. The Labute approximate surface area is 524 Å². The van der Waals surface area contributed by atoms with E-state index in [0.29, 0.717) is 48.3 Å². The molecule has 4 atom stereocenters. The zero-order valence-electron chi connectivity index (χ0n) is 62.2. The summed E-state index contributed by atoms with van der Waals surface area (Å²) in [7, 11) is 12.3. The summed E-state index contributed by atoms with van der Waals surface area (Å²) in [5.74, 6) is 6.59. The van der Waals surface area contributed by atoms with Crippen LogP contribution in [0.1, 0.15) is 217 Å². The highest BCUT2D eigenvalue weighted by molar-refractivity contribution is 5.40. The lowest BCUT2D eigenvalue weighted by Gasteiger charge is -2.30. The van der Waals surface area contributed by atoms with Gasteiger partial charge in [0, 0.05) is 129 Å². The van der Waals surface area contributed by atoms with Crippen LogP contribution >= 0.6 is 0 Å². The van der Waals surface area contributed by atoms with Crippen molar-refractivity contribution in [3.8, 4) is 30.4 Å². The molecule has 9 nitrogen and oxygen atoms in total. The van der Waals surface area contributed by atoms with Crippen LogP contribution in [-0.4, -0.2) is 142 Å². The maximum absolute atomic E-state index is 8.60. The van der Waals surface area contributed by atoms with Crippen molar-refractivity contribution in [2.75, 3.05) is 48.8 Å². The minimum atomic E-state index is -0.0811. The molecule has 2 heterocycles. The highest BCUT2D eigenvalue weighted by Gasteiger charge is 2.36. The van der Waals surface area contributed by atoms with Crippen molar-refractivity contribution in [2.45, 2.75) is 275 Å². The van der Waals surface area contributed by atoms with Crippen LogP contribution in [0.3, 0.4) is 0 Å². The standard InChI is InChI=1S/C11H19N.C11H17N.C11H21N.C10H21N.C9H16N2.C9H15N.C8H17N.C6H11N/c2*1-7(2)12-10(5)8(3)9(4)11(12)6;1-8(2)10(5)11(6)12(7)9(3)4;1-8(2)10(5)7-11(6)9(3)4;1-7(2)11(5)9(4)8(3)6-10;1-6-7-9(4)10(5)8(2)3;1-6(2)9(4)8-5-7(8)3;1-5-7(4)6(2)3/h7,11H,5H2,1-4,6H3;7H,5-6H2,1-4H3;9H,6H2,1-5,7H3;9H,7H2,1-6H3;7-8H,4H2,1-3,5H3;8H,4H2,1-3,5H3;6-8H,5H2,1-4H3;1,6H,2-4H3. The molecule has 1 saturated carbocycles. The first-order chi connectivity index (χ1) is 38.2. The second kappa shape index (κ2) is 43.4. The highest BCUT2D eigenvalue weighted by Crippen LogP contribution is 2.35. The molecule has 0 bridgehead atoms. The van der Waals surface area contributed by atoms with Crippen LogP contribution < -0.4 is 10.7 Å². The predicted molar refractivity (Wildman–Crippen MR) is 381 cm³/mol. The lowest BCUT2D eigenvalue weighted by Crippen LogP contribution is -2.33. The fourth-order valence-electron chi connectivity index (χ4n) is 7.75. The summed E-state index contributed by atoms with van der Waals surface area (Å²) < 4.78 is 2.19. The number of aromatic nitrogens is 1. The summed E-state index contributed by atoms with van der Waals surface area (Å²) in [6.07, 6.45) is 6.46. The van der Waals surface area contributed by atoms with E-state index in [1.165, 1.54) is 56.7 Å². The number of nitrogens with zero attached hydrogens (tertiary/aromatic N) is 9. The minimum absolute atomic E-state index is 0.0811. The van der Waals surface area contributed by atoms with Gasteiger partial charge in [-0.15, -0.1) is 0 Å². The molecule has 0 radical (unpaired) electrons. The second-order valence-corrected chi connectivity index (χ2v) is 26.1. The predicted octanol–water partition coefficient (Wildman–Crippen LogP) is 16.9. The molecule has 84 heavy (non-hydrogen) atoms. The molecule has 3 rings (SSSR count). The third-order valence-corrected chi connectivity index (χ3v) is 16.8. The van der Waals surface area contributed by atoms with Crippen molar-refractivity contribution in [3.05, 3.63) is 104 Å². The lowest BCUT2D eigenvalue weighted by molar-refractivity contribution is 0.254. The van der Waals surface area contributed by atoms with Crippen LogP contribution in [-0.2, 0) is 0 Å². The molecule has 1 aromatic heterocycles. The van der Waals surface area contributed by atoms with Crippen molar-refractivity contribution in [2.24, 2.45) is 11.8 Å². The van der Waals surface area contributed by atoms with Gasteiger partial charge < -0.3 is 38.9 Å². The summed E-state index contributed by atoms with van der Waals surface area (Å²) in [6, 6.07) is 10.3. The van der Waals surface area contributed by atoms with E-state index in [4.69, 9.17) is 11.7 Å². The van der Waals surface area contributed by atoms with Gasteiger partial charge in [0.05, 0.1) is 17.7 Å². The Hall–Kier alpha value is -5.27. The summed E-state index contributed by atoms with van der Waals surface area (Å²) in [4.78, 5) is 15.3. The molecule has 0 spiro atoms. The van der Waals surface area contributed by atoms with Gasteiger partial charge in [0.15, 0.2) is 0 Å². The van der Waals surface area contributed by atoms with E-state index >= 15 is 0 Å². The van der Waals surface area contributed by atoms with Crippen molar-refractivity contribution in [3.63, 3.8) is 0 Å². The van der Waals surface area contributed by atoms with E-state index in [1.807, 2.05) is 44.8 Å². The van der Waals surface area contributed by atoms with E-state index in [0.717, 1.165) is 52.3 Å². The van der Waals surface area contributed by atoms with E-state index in [9.17, 15) is 0 Å². The molecule has 1 aromatic rings. The topological polar surface area (TPSA) is 51.4 Å². The van der Waals surface area contributed by atoms with Crippen molar-refractivity contribution in [1.82, 2.24) is 38.9 Å². The SMILES string of the molecule is C#CN(C)C(C)C.C=C(C#CC)N(C)C(C)C.C=C(C(C)=C(C)C)N(C)C(C)C.C=C(C(C)C#N)N(C)C(C)C.C=C1C(C)=C(C)C(C)N1C(C)C.C=c1c(C)c(C)c(=C)n1C(C)C.CC(C)=C(C)CN(C)C(C)C.CC1CC1N(C)C(C)C. The molecule has 0 aromatic carbocycles. The van der Waals surface area contributed by atoms with E-state index < -0.39 is 0 Å². The number of hydrogen-bond donors (Lipinski definition) is 0. The van der Waals surface area contributed by atoms with Crippen LogP contribution in [0.4, 0.5) is 0 Å². The van der Waals surface area contributed by atoms with Crippen LogP contribution in [0.5, 0.6) is 0 Å². The van der Waals surface area contributed by atoms with Gasteiger partial charge in [0.25, 0.3) is 0 Å². The van der Waals surface area contributed by atoms with Crippen molar-refractivity contribution in [1.29, 1.82) is 5.26 Å². The first-order valence-corrected chi connectivity index (χ1v) is 31.1. The van der Waals surface area contributed by atoms with Gasteiger partial charge in [-0.1, -0.05) is 81.4 Å². The minimum Gasteiger partial charge on any atom is -0.375 e. The summed E-state index contributed by atoms with van der Waals surface area (Å²) in [5.41, 5.74) is 15.1. The van der Waals surface area contributed by atoms with Gasteiger partial charge in [0.2, 0.25) is 0 Å². The summed E-state index contributed by atoms with van der Waals surface area (Å²) in [5, 5.41) is 10.8. The average Bonchev–Trinajstić information content (AvgIpc) is 4.07. The van der Waals surface area contributed by atoms with Crippen molar-refractivity contribution < 1.29 is 0 Å². The van der Waals surface area contributed by atoms with Gasteiger partial charge in [0.1, 0.15) is 0 Å². The third-order valence-electron chi connectivity index (χ3n) is 16.8. The number of nitriles is 1. The molecule has 2 aliphatic rings. The smallest absolute Gasteiger partial charge is 0.0827 e. The fraction of sp³-hybridized carbons (Fsp3) is 0.667. The second-order valence-electron chi connectivity index (χ2n) is 26.1. The van der Waals surface area contributed by atoms with Gasteiger partial charge in [-0.25, -0.2) is 0 Å².